The Labute approximate surface area is 232 Å². The van der Waals surface area contributed by atoms with Gasteiger partial charge >= 0.3 is 0 Å². The van der Waals surface area contributed by atoms with Crippen LogP contribution in [-0.2, 0) is 9.59 Å². The number of benzene rings is 2. The van der Waals surface area contributed by atoms with Gasteiger partial charge in [0.25, 0.3) is 11.6 Å². The fourth-order valence-electron chi connectivity index (χ4n) is 4.01. The highest BCUT2D eigenvalue weighted by Crippen LogP contribution is 2.42. The number of amides is 2. The maximum atomic E-state index is 13.6. The van der Waals surface area contributed by atoms with Crippen LogP contribution in [-0.4, -0.2) is 29.6 Å². The zero-order valence-electron chi connectivity index (χ0n) is 20.9. The number of nitrogens with zero attached hydrogens (tertiary/aromatic N) is 2. The highest BCUT2D eigenvalue weighted by atomic mass is 32.2. The molecule has 4 rings (SSSR count). The van der Waals surface area contributed by atoms with Gasteiger partial charge in [-0.1, -0.05) is 30.0 Å². The molecule has 12 heteroatoms. The molecule has 0 fully saturated rings. The molecule has 1 aliphatic rings. The Morgan fingerprint density at radius 3 is 2.54 bits per heavy atom. The summed E-state index contributed by atoms with van der Waals surface area (Å²) < 4.78 is 5.35. The normalized spacial score (nSPS) is 14.7. The summed E-state index contributed by atoms with van der Waals surface area (Å²) in [7, 11) is 1.52. The van der Waals surface area contributed by atoms with Crippen LogP contribution in [0.25, 0.3) is 0 Å². The summed E-state index contributed by atoms with van der Waals surface area (Å²) in [4.78, 5) is 37.3. The van der Waals surface area contributed by atoms with E-state index in [4.69, 9.17) is 4.74 Å². The highest BCUT2D eigenvalue weighted by Gasteiger charge is 2.35. The first-order chi connectivity index (χ1) is 18.8. The number of dihydropyridines is 1. The minimum Gasteiger partial charge on any atom is -0.495 e. The third-order valence-electron chi connectivity index (χ3n) is 5.78. The van der Waals surface area contributed by atoms with Crippen molar-refractivity contribution in [3.05, 3.63) is 103 Å². The molecule has 10 nitrogen and oxygen atoms in total. The SMILES string of the molecule is COc1ccccc1NC(=O)C1=C(C)NC(SCC(=O)Nc2ccc([N+](=O)[O-])cc2)=C(C#N)C1c1cccs1. The number of carbonyl (C=O) groups is 2. The highest BCUT2D eigenvalue weighted by molar-refractivity contribution is 8.03. The van der Waals surface area contributed by atoms with E-state index in [9.17, 15) is 25.0 Å². The number of thioether (sulfide) groups is 1. The molecule has 1 unspecified atom stereocenters. The molecule has 1 aliphatic heterocycles. The monoisotopic (exact) mass is 561 g/mol. The Hall–Kier alpha value is -4.60. The predicted octanol–water partition coefficient (Wildman–Crippen LogP) is 5.37. The van der Waals surface area contributed by atoms with Gasteiger partial charge in [0, 0.05) is 34.0 Å². The number of hydrogen-bond acceptors (Lipinski definition) is 9. The van der Waals surface area contributed by atoms with Crippen molar-refractivity contribution >= 4 is 52.0 Å². The van der Waals surface area contributed by atoms with E-state index in [1.54, 1.807) is 31.2 Å². The zero-order chi connectivity index (χ0) is 27.9. The van der Waals surface area contributed by atoms with E-state index < -0.39 is 10.8 Å². The van der Waals surface area contributed by atoms with Crippen molar-refractivity contribution < 1.29 is 19.2 Å². The number of anilines is 2. The summed E-state index contributed by atoms with van der Waals surface area (Å²) in [6.45, 7) is 1.75. The van der Waals surface area contributed by atoms with Crippen LogP contribution < -0.4 is 20.7 Å². The third kappa shape index (κ3) is 6.28. The van der Waals surface area contributed by atoms with Crippen molar-refractivity contribution in [3.8, 4) is 11.8 Å². The van der Waals surface area contributed by atoms with Crippen LogP contribution in [0.1, 0.15) is 17.7 Å². The standard InChI is InChI=1S/C27H23N5O5S2/c1-16-24(26(34)31-20-6-3-4-7-21(20)37-2)25(22-8-5-13-38-22)19(14-28)27(29-16)39-15-23(33)30-17-9-11-18(12-10-17)32(35)36/h3-13,25,29H,15H2,1-2H3,(H,30,33)(H,31,34). The molecule has 2 heterocycles. The number of allylic oxidation sites excluding steroid dienone is 2. The number of hydrogen-bond donors (Lipinski definition) is 3. The molecule has 2 aromatic carbocycles. The second-order valence-electron chi connectivity index (χ2n) is 8.26. The summed E-state index contributed by atoms with van der Waals surface area (Å²) >= 11 is 2.57. The Kier molecular flexibility index (Phi) is 8.65. The summed E-state index contributed by atoms with van der Waals surface area (Å²) in [5.74, 6) is -0.888. The van der Waals surface area contributed by atoms with E-state index in [2.05, 4.69) is 22.0 Å². The molecule has 0 bridgehead atoms. The Morgan fingerprint density at radius 2 is 1.90 bits per heavy atom. The van der Waals surface area contributed by atoms with Crippen molar-refractivity contribution in [2.24, 2.45) is 0 Å². The molecule has 3 N–H and O–H groups in total. The van der Waals surface area contributed by atoms with Crippen LogP contribution in [0.2, 0.25) is 0 Å². The molecular weight excluding hydrogens is 538 g/mol. The molecular formula is C27H23N5O5S2. The van der Waals surface area contributed by atoms with Crippen LogP contribution in [0.3, 0.4) is 0 Å². The predicted molar refractivity (Wildman–Crippen MR) is 151 cm³/mol. The first kappa shape index (κ1) is 27.4. The molecule has 39 heavy (non-hydrogen) atoms. The van der Waals surface area contributed by atoms with E-state index in [0.717, 1.165) is 16.6 Å². The van der Waals surface area contributed by atoms with Gasteiger partial charge in [-0.15, -0.1) is 11.3 Å². The van der Waals surface area contributed by atoms with Crippen molar-refractivity contribution in [2.45, 2.75) is 12.8 Å². The molecule has 0 radical (unpaired) electrons. The zero-order valence-corrected chi connectivity index (χ0v) is 22.5. The average Bonchev–Trinajstić information content (AvgIpc) is 3.46. The quantitative estimate of drug-likeness (QED) is 0.233. The maximum absolute atomic E-state index is 13.6. The molecule has 1 atom stereocenters. The van der Waals surface area contributed by atoms with Gasteiger partial charge in [0.15, 0.2) is 0 Å². The molecule has 0 spiro atoms. The van der Waals surface area contributed by atoms with Crippen LogP contribution in [0.15, 0.2) is 87.9 Å². The number of methoxy groups -OCH3 is 1. The first-order valence-corrected chi connectivity index (χ1v) is 13.5. The number of carbonyl (C=O) groups excluding carboxylic acids is 2. The van der Waals surface area contributed by atoms with E-state index in [0.29, 0.717) is 39.0 Å². The summed E-state index contributed by atoms with van der Waals surface area (Å²) in [6, 6.07) is 18.5. The van der Waals surface area contributed by atoms with Gasteiger partial charge < -0.3 is 20.7 Å². The number of nitro benzene ring substituents is 1. The molecule has 0 aliphatic carbocycles. The van der Waals surface area contributed by atoms with Crippen LogP contribution in [0.5, 0.6) is 5.75 Å². The lowest BCUT2D eigenvalue weighted by Crippen LogP contribution is -2.31. The fraction of sp³-hybridized carbons (Fsp3) is 0.148. The fourth-order valence-corrected chi connectivity index (χ4v) is 5.74. The van der Waals surface area contributed by atoms with Gasteiger partial charge in [-0.25, -0.2) is 0 Å². The summed E-state index contributed by atoms with van der Waals surface area (Å²) in [5, 5.41) is 32.1. The van der Waals surface area contributed by atoms with Gasteiger partial charge in [-0.3, -0.25) is 19.7 Å². The molecule has 198 valence electrons. The Morgan fingerprint density at radius 1 is 1.15 bits per heavy atom. The third-order valence-corrected chi connectivity index (χ3v) is 7.74. The average molecular weight is 562 g/mol. The number of rotatable bonds is 9. The van der Waals surface area contributed by atoms with Crippen LogP contribution >= 0.6 is 23.1 Å². The van der Waals surface area contributed by atoms with Crippen LogP contribution in [0.4, 0.5) is 17.1 Å². The van der Waals surface area contributed by atoms with Crippen molar-refractivity contribution in [3.63, 3.8) is 0 Å². The van der Waals surface area contributed by atoms with Gasteiger partial charge in [0.05, 0.1) is 46.1 Å². The molecule has 1 aromatic heterocycles. The summed E-state index contributed by atoms with van der Waals surface area (Å²) in [5.41, 5.74) is 2.10. The number of nitriles is 1. The lowest BCUT2D eigenvalue weighted by Gasteiger charge is -2.29. The number of ether oxygens (including phenoxy) is 1. The Balaban J connectivity index is 1.56. The largest absolute Gasteiger partial charge is 0.495 e. The van der Waals surface area contributed by atoms with Gasteiger partial charge in [0.1, 0.15) is 5.75 Å². The minimum absolute atomic E-state index is 0.0301. The van der Waals surface area contributed by atoms with Gasteiger partial charge in [-0.05, 0) is 42.6 Å². The second-order valence-corrected chi connectivity index (χ2v) is 10.2. The lowest BCUT2D eigenvalue weighted by atomic mass is 9.86. The summed E-state index contributed by atoms with van der Waals surface area (Å²) in [6.07, 6.45) is 0. The maximum Gasteiger partial charge on any atom is 0.269 e. The van der Waals surface area contributed by atoms with Gasteiger partial charge in [-0.2, -0.15) is 5.26 Å². The van der Waals surface area contributed by atoms with E-state index in [-0.39, 0.29) is 23.3 Å². The van der Waals surface area contributed by atoms with Gasteiger partial charge in [0.2, 0.25) is 5.91 Å². The second kappa shape index (κ2) is 12.3. The van der Waals surface area contributed by atoms with E-state index >= 15 is 0 Å². The number of non-ortho nitro benzene ring substituents is 1. The van der Waals surface area contributed by atoms with E-state index in [1.807, 2.05) is 17.5 Å². The van der Waals surface area contributed by atoms with E-state index in [1.165, 1.54) is 42.7 Å². The smallest absolute Gasteiger partial charge is 0.269 e. The number of nitro groups is 1. The topological polar surface area (TPSA) is 146 Å². The number of nitrogens with one attached hydrogen (secondary N) is 3. The molecule has 0 saturated carbocycles. The minimum atomic E-state index is -0.633. The lowest BCUT2D eigenvalue weighted by molar-refractivity contribution is -0.384. The van der Waals surface area contributed by atoms with Crippen LogP contribution in [0, 0.1) is 21.4 Å². The first-order valence-electron chi connectivity index (χ1n) is 11.6. The van der Waals surface area contributed by atoms with Crippen molar-refractivity contribution in [1.29, 1.82) is 5.26 Å². The Bertz CT molecular complexity index is 1510. The molecule has 2 amide bonds. The van der Waals surface area contributed by atoms with Crippen molar-refractivity contribution in [2.75, 3.05) is 23.5 Å². The number of thiophene rings is 1. The van der Waals surface area contributed by atoms with Crippen molar-refractivity contribution in [1.82, 2.24) is 5.32 Å². The number of para-hydroxylation sites is 2. The molecule has 0 saturated heterocycles. The molecule has 3 aromatic rings.